The quantitative estimate of drug-likeness (QED) is 0.508. The smallest absolute Gasteiger partial charge is 0.189 e. The Labute approximate surface area is 125 Å². The van der Waals surface area contributed by atoms with E-state index in [1.807, 2.05) is 0 Å². The number of nitrogens with one attached hydrogen (secondary N) is 1. The lowest BCUT2D eigenvalue weighted by atomic mass is 10.1. The van der Waals surface area contributed by atoms with E-state index in [0.29, 0.717) is 24.5 Å². The second kappa shape index (κ2) is 7.62. The fourth-order valence-corrected chi connectivity index (χ4v) is 3.37. The van der Waals surface area contributed by atoms with Crippen LogP contribution in [0, 0.1) is 0 Å². The number of guanidine groups is 1. The molecule has 5 heteroatoms. The molecule has 1 fully saturated rings. The van der Waals surface area contributed by atoms with Gasteiger partial charge in [0.25, 0.3) is 0 Å². The maximum atomic E-state index is 5.99. The molecule has 1 aliphatic carbocycles. The first-order chi connectivity index (χ1) is 9.65. The van der Waals surface area contributed by atoms with Crippen molar-refractivity contribution in [1.82, 2.24) is 10.3 Å². The molecule has 0 aromatic carbocycles. The van der Waals surface area contributed by atoms with Crippen LogP contribution < -0.4 is 11.1 Å². The van der Waals surface area contributed by atoms with Gasteiger partial charge in [0.05, 0.1) is 12.2 Å². The molecule has 2 rings (SSSR count). The van der Waals surface area contributed by atoms with Gasteiger partial charge in [-0.1, -0.05) is 39.5 Å². The Kier molecular flexibility index (Phi) is 5.83. The molecule has 0 unspecified atom stereocenters. The third-order valence-electron chi connectivity index (χ3n) is 3.75. The summed E-state index contributed by atoms with van der Waals surface area (Å²) in [5.41, 5.74) is 7.13. The molecule has 0 amide bonds. The van der Waals surface area contributed by atoms with E-state index in [0.717, 1.165) is 10.7 Å². The van der Waals surface area contributed by atoms with Crippen molar-refractivity contribution in [2.24, 2.45) is 10.7 Å². The molecule has 1 aliphatic rings. The molecular formula is C15H26N4S. The minimum absolute atomic E-state index is 0.477. The van der Waals surface area contributed by atoms with Crippen molar-refractivity contribution >= 4 is 17.3 Å². The highest BCUT2D eigenvalue weighted by Gasteiger charge is 2.12. The highest BCUT2D eigenvalue weighted by atomic mass is 32.1. The van der Waals surface area contributed by atoms with Gasteiger partial charge < -0.3 is 11.1 Å². The number of aromatic nitrogens is 1. The van der Waals surface area contributed by atoms with Crippen LogP contribution in [-0.4, -0.2) is 17.0 Å². The SMILES string of the molecule is CC(C)c1csc(CN=C(N)NC2CCCCCC2)n1. The second-order valence-electron chi connectivity index (χ2n) is 5.86. The molecule has 1 aromatic heterocycles. The standard InChI is InChI=1S/C15H26N4S/c1-11(2)13-10-20-14(19-13)9-17-15(16)18-12-7-5-3-4-6-8-12/h10-12H,3-9H2,1-2H3,(H3,16,17,18). The van der Waals surface area contributed by atoms with E-state index >= 15 is 0 Å². The molecule has 0 radical (unpaired) electrons. The Balaban J connectivity index is 1.83. The largest absolute Gasteiger partial charge is 0.370 e. The van der Waals surface area contributed by atoms with Crippen LogP contribution in [0.4, 0.5) is 0 Å². The fourth-order valence-electron chi connectivity index (χ4n) is 2.49. The Morgan fingerprint density at radius 2 is 2.10 bits per heavy atom. The zero-order chi connectivity index (χ0) is 14.4. The molecular weight excluding hydrogens is 268 g/mol. The first kappa shape index (κ1) is 15.3. The molecule has 0 bridgehead atoms. The van der Waals surface area contributed by atoms with Crippen LogP contribution in [0.1, 0.15) is 69.0 Å². The van der Waals surface area contributed by atoms with Gasteiger partial charge in [-0.05, 0) is 18.8 Å². The van der Waals surface area contributed by atoms with Gasteiger partial charge in [-0.2, -0.15) is 0 Å². The highest BCUT2D eigenvalue weighted by molar-refractivity contribution is 7.09. The van der Waals surface area contributed by atoms with Crippen molar-refractivity contribution in [2.45, 2.75) is 70.9 Å². The maximum absolute atomic E-state index is 5.99. The van der Waals surface area contributed by atoms with Crippen molar-refractivity contribution < 1.29 is 0 Å². The first-order valence-electron chi connectivity index (χ1n) is 7.66. The Hall–Kier alpha value is -1.10. The number of aliphatic imine (C=N–C) groups is 1. The molecule has 20 heavy (non-hydrogen) atoms. The van der Waals surface area contributed by atoms with Crippen molar-refractivity contribution in [3.05, 3.63) is 16.1 Å². The second-order valence-corrected chi connectivity index (χ2v) is 6.80. The van der Waals surface area contributed by atoms with E-state index < -0.39 is 0 Å². The fraction of sp³-hybridized carbons (Fsp3) is 0.733. The van der Waals surface area contributed by atoms with E-state index in [9.17, 15) is 0 Å². The summed E-state index contributed by atoms with van der Waals surface area (Å²) in [6.45, 7) is 4.90. The van der Waals surface area contributed by atoms with Crippen molar-refractivity contribution in [3.63, 3.8) is 0 Å². The first-order valence-corrected chi connectivity index (χ1v) is 8.54. The Morgan fingerprint density at radius 3 is 2.70 bits per heavy atom. The van der Waals surface area contributed by atoms with Crippen LogP contribution >= 0.6 is 11.3 Å². The lowest BCUT2D eigenvalue weighted by molar-refractivity contribution is 0.530. The van der Waals surface area contributed by atoms with Gasteiger partial charge in [0.2, 0.25) is 0 Å². The summed E-state index contributed by atoms with van der Waals surface area (Å²) >= 11 is 1.67. The minimum atomic E-state index is 0.477. The molecule has 112 valence electrons. The summed E-state index contributed by atoms with van der Waals surface area (Å²) in [5, 5.41) is 6.52. The van der Waals surface area contributed by atoms with Gasteiger partial charge >= 0.3 is 0 Å². The lowest BCUT2D eigenvalue weighted by Gasteiger charge is -2.16. The molecule has 1 heterocycles. The molecule has 0 spiro atoms. The molecule has 3 N–H and O–H groups in total. The van der Waals surface area contributed by atoms with Gasteiger partial charge in [0, 0.05) is 11.4 Å². The van der Waals surface area contributed by atoms with E-state index in [1.165, 1.54) is 38.5 Å². The van der Waals surface area contributed by atoms with E-state index in [-0.39, 0.29) is 0 Å². The van der Waals surface area contributed by atoms with Gasteiger partial charge in [-0.3, -0.25) is 0 Å². The molecule has 1 saturated carbocycles. The third-order valence-corrected chi connectivity index (χ3v) is 4.60. The number of nitrogens with two attached hydrogens (primary N) is 1. The lowest BCUT2D eigenvalue weighted by Crippen LogP contribution is -2.39. The van der Waals surface area contributed by atoms with E-state index in [2.05, 4.69) is 34.5 Å². The zero-order valence-electron chi connectivity index (χ0n) is 12.6. The van der Waals surface area contributed by atoms with Crippen LogP contribution in [-0.2, 0) is 6.54 Å². The zero-order valence-corrected chi connectivity index (χ0v) is 13.4. The molecule has 1 aromatic rings. The molecule has 0 saturated heterocycles. The van der Waals surface area contributed by atoms with Gasteiger partial charge in [0.1, 0.15) is 5.01 Å². The van der Waals surface area contributed by atoms with Crippen LogP contribution in [0.15, 0.2) is 10.4 Å². The summed E-state index contributed by atoms with van der Waals surface area (Å²) in [6.07, 6.45) is 7.74. The summed E-state index contributed by atoms with van der Waals surface area (Å²) < 4.78 is 0. The number of hydrogen-bond donors (Lipinski definition) is 2. The minimum Gasteiger partial charge on any atom is -0.370 e. The maximum Gasteiger partial charge on any atom is 0.189 e. The van der Waals surface area contributed by atoms with Crippen molar-refractivity contribution in [1.29, 1.82) is 0 Å². The van der Waals surface area contributed by atoms with E-state index in [1.54, 1.807) is 11.3 Å². The average molecular weight is 294 g/mol. The summed E-state index contributed by atoms with van der Waals surface area (Å²) in [6, 6.07) is 0.503. The summed E-state index contributed by atoms with van der Waals surface area (Å²) in [7, 11) is 0. The number of rotatable bonds is 4. The predicted octanol–water partition coefficient (Wildman–Crippen LogP) is 3.39. The summed E-state index contributed by atoms with van der Waals surface area (Å²) in [5.74, 6) is 1.05. The summed E-state index contributed by atoms with van der Waals surface area (Å²) in [4.78, 5) is 8.99. The highest BCUT2D eigenvalue weighted by Crippen LogP contribution is 2.19. The Morgan fingerprint density at radius 1 is 1.40 bits per heavy atom. The van der Waals surface area contributed by atoms with Crippen LogP contribution in [0.5, 0.6) is 0 Å². The average Bonchev–Trinajstić information content (AvgIpc) is 2.75. The normalized spacial score (nSPS) is 18.2. The monoisotopic (exact) mass is 294 g/mol. The van der Waals surface area contributed by atoms with Crippen LogP contribution in [0.3, 0.4) is 0 Å². The van der Waals surface area contributed by atoms with Crippen molar-refractivity contribution in [2.75, 3.05) is 0 Å². The van der Waals surface area contributed by atoms with E-state index in [4.69, 9.17) is 5.73 Å². The van der Waals surface area contributed by atoms with Crippen LogP contribution in [0.25, 0.3) is 0 Å². The topological polar surface area (TPSA) is 63.3 Å². The van der Waals surface area contributed by atoms with Gasteiger partial charge in [-0.15, -0.1) is 11.3 Å². The number of thiazole rings is 1. The number of hydrogen-bond acceptors (Lipinski definition) is 3. The molecule has 0 aliphatic heterocycles. The molecule has 4 nitrogen and oxygen atoms in total. The predicted molar refractivity (Wildman–Crippen MR) is 86.2 cm³/mol. The van der Waals surface area contributed by atoms with Gasteiger partial charge in [-0.25, -0.2) is 9.98 Å². The number of nitrogens with zero attached hydrogens (tertiary/aromatic N) is 2. The van der Waals surface area contributed by atoms with Crippen LogP contribution in [0.2, 0.25) is 0 Å². The van der Waals surface area contributed by atoms with Gasteiger partial charge in [0.15, 0.2) is 5.96 Å². The van der Waals surface area contributed by atoms with Crippen molar-refractivity contribution in [3.8, 4) is 0 Å². The molecule has 0 atom stereocenters. The third kappa shape index (κ3) is 4.78. The Bertz CT molecular complexity index is 431.